The van der Waals surface area contributed by atoms with Crippen molar-refractivity contribution < 1.29 is 23.9 Å². The molecule has 25 heavy (non-hydrogen) atoms. The van der Waals surface area contributed by atoms with E-state index in [2.05, 4.69) is 15.9 Å². The maximum absolute atomic E-state index is 12.4. The molecule has 2 rings (SSSR count). The molecule has 0 aromatic heterocycles. The van der Waals surface area contributed by atoms with Crippen LogP contribution in [0.5, 0.6) is 0 Å². The number of hydrogen-bond donors (Lipinski definition) is 2. The summed E-state index contributed by atoms with van der Waals surface area (Å²) in [4.78, 5) is 47.8. The highest BCUT2D eigenvalue weighted by atomic mass is 79.9. The van der Waals surface area contributed by atoms with Crippen LogP contribution in [0.15, 0.2) is 28.7 Å². The Balaban J connectivity index is 1.79. The smallest absolute Gasteiger partial charge is 0.318 e. The lowest BCUT2D eigenvalue weighted by Crippen LogP contribution is -2.42. The standard InChI is InChI=1S/C16H18BrN3O5/c17-12-3-1-10(2-4-12)14(22)20-7-5-11(6-8-20)15(23)25-9-13(21)19-16(18)24/h1-4,11H,5-9H2,(H3,18,19,21,24). The molecule has 1 fully saturated rings. The van der Waals surface area contributed by atoms with E-state index >= 15 is 0 Å². The molecule has 3 N–H and O–H groups in total. The molecule has 8 nitrogen and oxygen atoms in total. The van der Waals surface area contributed by atoms with E-state index in [9.17, 15) is 19.2 Å². The minimum atomic E-state index is -0.999. The fourth-order valence-electron chi connectivity index (χ4n) is 2.52. The maximum atomic E-state index is 12.4. The number of esters is 1. The Labute approximate surface area is 152 Å². The zero-order valence-electron chi connectivity index (χ0n) is 13.4. The number of halogens is 1. The highest BCUT2D eigenvalue weighted by Gasteiger charge is 2.29. The molecule has 1 aromatic rings. The predicted molar refractivity (Wildman–Crippen MR) is 91.5 cm³/mol. The number of carbonyl (C=O) groups excluding carboxylic acids is 4. The van der Waals surface area contributed by atoms with Crippen molar-refractivity contribution in [1.82, 2.24) is 10.2 Å². The van der Waals surface area contributed by atoms with Gasteiger partial charge in [-0.3, -0.25) is 19.7 Å². The second-order valence-corrected chi connectivity index (χ2v) is 6.51. The first kappa shape index (κ1) is 18.9. The lowest BCUT2D eigenvalue weighted by atomic mass is 9.96. The van der Waals surface area contributed by atoms with Crippen molar-refractivity contribution in [2.45, 2.75) is 12.8 Å². The van der Waals surface area contributed by atoms with Gasteiger partial charge in [0.05, 0.1) is 5.92 Å². The van der Waals surface area contributed by atoms with E-state index in [-0.39, 0.29) is 11.8 Å². The van der Waals surface area contributed by atoms with Crippen LogP contribution in [-0.2, 0) is 14.3 Å². The van der Waals surface area contributed by atoms with Crippen LogP contribution in [0.2, 0.25) is 0 Å². The van der Waals surface area contributed by atoms with Crippen LogP contribution in [-0.4, -0.2) is 48.4 Å². The van der Waals surface area contributed by atoms with Gasteiger partial charge in [0, 0.05) is 23.1 Å². The summed E-state index contributed by atoms with van der Waals surface area (Å²) in [5.74, 6) is -1.76. The van der Waals surface area contributed by atoms with E-state index in [1.165, 1.54) is 0 Å². The second-order valence-electron chi connectivity index (χ2n) is 5.59. The molecule has 0 saturated carbocycles. The first-order valence-electron chi connectivity index (χ1n) is 7.67. The summed E-state index contributed by atoms with van der Waals surface area (Å²) in [5.41, 5.74) is 5.38. The molecular weight excluding hydrogens is 394 g/mol. The van der Waals surface area contributed by atoms with E-state index in [0.717, 1.165) is 4.47 Å². The highest BCUT2D eigenvalue weighted by Crippen LogP contribution is 2.21. The van der Waals surface area contributed by atoms with Crippen LogP contribution in [0.4, 0.5) is 4.79 Å². The normalized spacial score (nSPS) is 14.7. The third kappa shape index (κ3) is 5.56. The molecule has 0 unspecified atom stereocenters. The number of piperidine rings is 1. The Morgan fingerprint density at radius 1 is 1.16 bits per heavy atom. The molecule has 1 aliphatic heterocycles. The topological polar surface area (TPSA) is 119 Å². The van der Waals surface area contributed by atoms with E-state index < -0.39 is 24.5 Å². The zero-order chi connectivity index (χ0) is 18.4. The lowest BCUT2D eigenvalue weighted by Gasteiger charge is -2.31. The fraction of sp³-hybridized carbons (Fsp3) is 0.375. The largest absolute Gasteiger partial charge is 0.455 e. The van der Waals surface area contributed by atoms with Crippen LogP contribution in [0.25, 0.3) is 0 Å². The summed E-state index contributed by atoms with van der Waals surface area (Å²) in [7, 11) is 0. The summed E-state index contributed by atoms with van der Waals surface area (Å²) < 4.78 is 5.76. The SMILES string of the molecule is NC(=O)NC(=O)COC(=O)C1CCN(C(=O)c2ccc(Br)cc2)CC1. The number of ether oxygens (including phenoxy) is 1. The van der Waals surface area contributed by atoms with Crippen LogP contribution in [0.1, 0.15) is 23.2 Å². The van der Waals surface area contributed by atoms with E-state index in [4.69, 9.17) is 10.5 Å². The van der Waals surface area contributed by atoms with Crippen molar-refractivity contribution in [3.63, 3.8) is 0 Å². The highest BCUT2D eigenvalue weighted by molar-refractivity contribution is 9.10. The number of nitrogens with zero attached hydrogens (tertiary/aromatic N) is 1. The van der Waals surface area contributed by atoms with Gasteiger partial charge in [-0.15, -0.1) is 0 Å². The van der Waals surface area contributed by atoms with Gasteiger partial charge in [0.1, 0.15) is 0 Å². The summed E-state index contributed by atoms with van der Waals surface area (Å²) in [6.07, 6.45) is 0.914. The minimum Gasteiger partial charge on any atom is -0.455 e. The van der Waals surface area contributed by atoms with Crippen LogP contribution < -0.4 is 11.1 Å². The molecular formula is C16H18BrN3O5. The van der Waals surface area contributed by atoms with Gasteiger partial charge in [-0.1, -0.05) is 15.9 Å². The van der Waals surface area contributed by atoms with Gasteiger partial charge in [0.15, 0.2) is 6.61 Å². The van der Waals surface area contributed by atoms with E-state index in [1.54, 1.807) is 29.2 Å². The Morgan fingerprint density at radius 3 is 2.32 bits per heavy atom. The number of nitrogens with one attached hydrogen (secondary N) is 1. The summed E-state index contributed by atoms with van der Waals surface area (Å²) in [6.45, 7) is 0.310. The molecule has 0 spiro atoms. The molecule has 0 atom stereocenters. The lowest BCUT2D eigenvalue weighted by molar-refractivity contribution is -0.153. The summed E-state index contributed by atoms with van der Waals surface area (Å²) in [5, 5.41) is 1.81. The van der Waals surface area contributed by atoms with E-state index in [1.807, 2.05) is 5.32 Å². The first-order valence-corrected chi connectivity index (χ1v) is 8.47. The monoisotopic (exact) mass is 411 g/mol. The van der Waals surface area contributed by atoms with Crippen molar-refractivity contribution in [1.29, 1.82) is 0 Å². The van der Waals surface area contributed by atoms with Crippen molar-refractivity contribution in [3.8, 4) is 0 Å². The van der Waals surface area contributed by atoms with Crippen LogP contribution >= 0.6 is 15.9 Å². The van der Waals surface area contributed by atoms with Gasteiger partial charge in [-0.2, -0.15) is 0 Å². The number of benzene rings is 1. The molecule has 0 bridgehead atoms. The van der Waals surface area contributed by atoms with Gasteiger partial charge in [0.25, 0.3) is 11.8 Å². The first-order chi connectivity index (χ1) is 11.9. The molecule has 1 saturated heterocycles. The minimum absolute atomic E-state index is 0.0832. The Morgan fingerprint density at radius 2 is 1.76 bits per heavy atom. The molecule has 0 radical (unpaired) electrons. The van der Waals surface area contributed by atoms with Crippen LogP contribution in [0, 0.1) is 5.92 Å². The van der Waals surface area contributed by atoms with Crippen molar-refractivity contribution >= 4 is 39.7 Å². The van der Waals surface area contributed by atoms with Gasteiger partial charge in [-0.05, 0) is 37.1 Å². The van der Waals surface area contributed by atoms with Gasteiger partial charge >= 0.3 is 12.0 Å². The number of likely N-dealkylation sites (tertiary alicyclic amines) is 1. The molecule has 0 aliphatic carbocycles. The summed E-state index contributed by atoms with van der Waals surface area (Å²) >= 11 is 3.32. The number of primary amides is 1. The number of imide groups is 1. The Kier molecular flexibility index (Phi) is 6.51. The number of hydrogen-bond acceptors (Lipinski definition) is 5. The number of nitrogens with two attached hydrogens (primary N) is 1. The molecule has 4 amide bonds. The fourth-order valence-corrected chi connectivity index (χ4v) is 2.79. The second kappa shape index (κ2) is 8.61. The van der Waals surface area contributed by atoms with Gasteiger partial charge in [-0.25, -0.2) is 4.79 Å². The maximum Gasteiger partial charge on any atom is 0.318 e. The van der Waals surface area contributed by atoms with Crippen LogP contribution in [0.3, 0.4) is 0 Å². The zero-order valence-corrected chi connectivity index (χ0v) is 15.0. The molecule has 1 heterocycles. The van der Waals surface area contributed by atoms with Gasteiger partial charge in [0.2, 0.25) is 0 Å². The van der Waals surface area contributed by atoms with Crippen molar-refractivity contribution in [2.24, 2.45) is 11.7 Å². The van der Waals surface area contributed by atoms with Crippen molar-refractivity contribution in [3.05, 3.63) is 34.3 Å². The number of rotatable bonds is 4. The molecule has 1 aliphatic rings. The number of amides is 4. The third-order valence-corrected chi connectivity index (χ3v) is 4.34. The van der Waals surface area contributed by atoms with E-state index in [0.29, 0.717) is 31.5 Å². The molecule has 9 heteroatoms. The molecule has 134 valence electrons. The quantitative estimate of drug-likeness (QED) is 0.717. The predicted octanol–water partition coefficient (Wildman–Crippen LogP) is 1.04. The number of urea groups is 1. The van der Waals surface area contributed by atoms with Gasteiger partial charge < -0.3 is 15.4 Å². The Hall–Kier alpha value is -2.42. The molecule has 1 aromatic carbocycles. The average Bonchev–Trinajstić information content (AvgIpc) is 2.59. The summed E-state index contributed by atoms with van der Waals surface area (Å²) in [6, 6.07) is 6.08. The third-order valence-electron chi connectivity index (χ3n) is 3.81. The number of carbonyl (C=O) groups is 4. The average molecular weight is 412 g/mol. The van der Waals surface area contributed by atoms with Crippen molar-refractivity contribution in [2.75, 3.05) is 19.7 Å². The Bertz CT molecular complexity index is 669.